The summed E-state index contributed by atoms with van der Waals surface area (Å²) < 4.78 is 11.9. The third kappa shape index (κ3) is 4.04. The van der Waals surface area contributed by atoms with Crippen molar-refractivity contribution in [2.24, 2.45) is 0 Å². The Labute approximate surface area is 87.1 Å². The molecule has 0 saturated heterocycles. The van der Waals surface area contributed by atoms with Crippen LogP contribution in [0.4, 0.5) is 0 Å². The van der Waals surface area contributed by atoms with Gasteiger partial charge < -0.3 is 14.0 Å². The van der Waals surface area contributed by atoms with E-state index in [0.717, 1.165) is 13.0 Å². The third-order valence-electron chi connectivity index (χ3n) is 1.76. The lowest BCUT2D eigenvalue weighted by Gasteiger charge is -2.03. The van der Waals surface area contributed by atoms with Gasteiger partial charge in [0.05, 0.1) is 6.61 Å². The van der Waals surface area contributed by atoms with Crippen LogP contribution in [0, 0.1) is 0 Å². The van der Waals surface area contributed by atoms with Gasteiger partial charge in [-0.2, -0.15) is 0 Å². The molecule has 0 unspecified atom stereocenters. The first kappa shape index (κ1) is 11.4. The summed E-state index contributed by atoms with van der Waals surface area (Å²) in [5.41, 5.74) is 0. The Morgan fingerprint density at radius 1 is 1.43 bits per heavy atom. The monoisotopic (exact) mass is 217 g/mol. The first-order valence-electron chi connectivity index (χ1n) is 4.55. The average molecular weight is 217 g/mol. The number of hydrogen-bond donors (Lipinski definition) is 0. The van der Waals surface area contributed by atoms with Crippen molar-refractivity contribution in [3.05, 3.63) is 21.2 Å². The molecule has 1 aromatic rings. The molecule has 0 bridgehead atoms. The molecular weight excluding hydrogens is 202 g/mol. The molecule has 80 valence electrons. The number of ether oxygens (including phenoxy) is 2. The highest BCUT2D eigenvalue weighted by Crippen LogP contribution is 1.90. The van der Waals surface area contributed by atoms with E-state index in [1.807, 2.05) is 0 Å². The number of nitrogens with zero attached hydrogens (tertiary/aromatic N) is 1. The van der Waals surface area contributed by atoms with E-state index in [0.29, 0.717) is 19.8 Å². The first-order valence-corrected chi connectivity index (χ1v) is 5.43. The largest absolute Gasteiger partial charge is 0.385 e. The van der Waals surface area contributed by atoms with E-state index in [1.54, 1.807) is 23.3 Å². The molecule has 0 fully saturated rings. The molecular formula is C9H15NO3S. The predicted octanol–water partition coefficient (Wildman–Crippen LogP) is 0.963. The van der Waals surface area contributed by atoms with Crippen molar-refractivity contribution in [1.29, 1.82) is 0 Å². The fourth-order valence-corrected chi connectivity index (χ4v) is 1.64. The number of aromatic nitrogens is 1. The summed E-state index contributed by atoms with van der Waals surface area (Å²) in [5.74, 6) is 0. The van der Waals surface area contributed by atoms with Gasteiger partial charge in [-0.1, -0.05) is 11.3 Å². The van der Waals surface area contributed by atoms with Gasteiger partial charge in [0.15, 0.2) is 0 Å². The van der Waals surface area contributed by atoms with Crippen LogP contribution in [0.2, 0.25) is 0 Å². The highest BCUT2D eigenvalue weighted by atomic mass is 32.1. The molecule has 0 saturated carbocycles. The van der Waals surface area contributed by atoms with E-state index in [1.165, 1.54) is 11.3 Å². The minimum absolute atomic E-state index is 0.0745. The highest BCUT2D eigenvalue weighted by molar-refractivity contribution is 7.07. The molecule has 5 heteroatoms. The second-order valence-electron chi connectivity index (χ2n) is 2.82. The molecule has 0 spiro atoms. The summed E-state index contributed by atoms with van der Waals surface area (Å²) in [6, 6.07) is 0. The van der Waals surface area contributed by atoms with Crippen molar-refractivity contribution in [3.63, 3.8) is 0 Å². The maximum Gasteiger partial charge on any atom is 0.307 e. The van der Waals surface area contributed by atoms with Crippen LogP contribution in [0.15, 0.2) is 16.4 Å². The standard InChI is InChI=1S/C9H15NO3S/c1-12-5-2-6-13-7-3-10-4-8-14-9(10)11/h4,8H,2-3,5-7H2,1H3. The van der Waals surface area contributed by atoms with Crippen LogP contribution in [-0.4, -0.2) is 31.5 Å². The number of thiazole rings is 1. The van der Waals surface area contributed by atoms with E-state index in [9.17, 15) is 4.79 Å². The van der Waals surface area contributed by atoms with Crippen molar-refractivity contribution in [3.8, 4) is 0 Å². The lowest BCUT2D eigenvalue weighted by Crippen LogP contribution is -2.16. The van der Waals surface area contributed by atoms with E-state index in [2.05, 4.69) is 0 Å². The van der Waals surface area contributed by atoms with Crippen LogP contribution in [0.5, 0.6) is 0 Å². The minimum atomic E-state index is 0.0745. The Balaban J connectivity index is 2.05. The summed E-state index contributed by atoms with van der Waals surface area (Å²) in [6.45, 7) is 2.63. The first-order chi connectivity index (χ1) is 6.84. The van der Waals surface area contributed by atoms with Crippen molar-refractivity contribution in [2.75, 3.05) is 26.9 Å². The second-order valence-corrected chi connectivity index (χ2v) is 3.68. The van der Waals surface area contributed by atoms with Crippen LogP contribution in [-0.2, 0) is 16.0 Å². The number of rotatable bonds is 7. The Morgan fingerprint density at radius 3 is 2.93 bits per heavy atom. The summed E-state index contributed by atoms with van der Waals surface area (Å²) in [5, 5.41) is 1.78. The van der Waals surface area contributed by atoms with Gasteiger partial charge in [0.25, 0.3) is 0 Å². The third-order valence-corrected chi connectivity index (χ3v) is 2.45. The molecule has 0 N–H and O–H groups in total. The zero-order chi connectivity index (χ0) is 10.2. The molecule has 0 radical (unpaired) electrons. The van der Waals surface area contributed by atoms with Gasteiger partial charge in [-0.25, -0.2) is 0 Å². The Morgan fingerprint density at radius 2 is 2.29 bits per heavy atom. The summed E-state index contributed by atoms with van der Waals surface area (Å²) in [6.07, 6.45) is 2.68. The topological polar surface area (TPSA) is 40.5 Å². The van der Waals surface area contributed by atoms with Gasteiger partial charge in [0.1, 0.15) is 0 Å². The highest BCUT2D eigenvalue weighted by Gasteiger charge is 1.95. The van der Waals surface area contributed by atoms with Crippen LogP contribution in [0.25, 0.3) is 0 Å². The summed E-state index contributed by atoms with van der Waals surface area (Å²) in [4.78, 5) is 11.2. The number of hydrogen-bond acceptors (Lipinski definition) is 4. The summed E-state index contributed by atoms with van der Waals surface area (Å²) >= 11 is 1.21. The van der Waals surface area contributed by atoms with Crippen LogP contribution in [0.3, 0.4) is 0 Å². The maximum absolute atomic E-state index is 11.1. The van der Waals surface area contributed by atoms with Crippen LogP contribution >= 0.6 is 11.3 Å². The Hall–Kier alpha value is -0.650. The molecule has 1 aromatic heterocycles. The van der Waals surface area contributed by atoms with Crippen LogP contribution < -0.4 is 4.87 Å². The lowest BCUT2D eigenvalue weighted by atomic mass is 10.5. The lowest BCUT2D eigenvalue weighted by molar-refractivity contribution is 0.0974. The molecule has 1 rings (SSSR count). The van der Waals surface area contributed by atoms with Crippen molar-refractivity contribution in [2.45, 2.75) is 13.0 Å². The zero-order valence-electron chi connectivity index (χ0n) is 8.27. The predicted molar refractivity (Wildman–Crippen MR) is 55.9 cm³/mol. The molecule has 0 aliphatic carbocycles. The van der Waals surface area contributed by atoms with E-state index < -0.39 is 0 Å². The molecule has 0 aliphatic heterocycles. The Kier molecular flexibility index (Phi) is 5.51. The zero-order valence-corrected chi connectivity index (χ0v) is 9.09. The molecule has 14 heavy (non-hydrogen) atoms. The SMILES string of the molecule is COCCCOCCn1ccsc1=O. The smallest absolute Gasteiger partial charge is 0.307 e. The minimum Gasteiger partial charge on any atom is -0.385 e. The molecule has 0 aliphatic rings. The quantitative estimate of drug-likeness (QED) is 0.639. The fourth-order valence-electron chi connectivity index (χ4n) is 1.03. The maximum atomic E-state index is 11.1. The molecule has 0 aromatic carbocycles. The molecule has 0 atom stereocenters. The molecule has 1 heterocycles. The van der Waals surface area contributed by atoms with Gasteiger partial charge in [0, 0.05) is 38.4 Å². The Bertz CT molecular complexity index is 294. The van der Waals surface area contributed by atoms with Gasteiger partial charge in [-0.15, -0.1) is 0 Å². The fraction of sp³-hybridized carbons (Fsp3) is 0.667. The van der Waals surface area contributed by atoms with E-state index in [-0.39, 0.29) is 4.87 Å². The summed E-state index contributed by atoms with van der Waals surface area (Å²) in [7, 11) is 1.67. The normalized spacial score (nSPS) is 10.6. The van der Waals surface area contributed by atoms with Crippen molar-refractivity contribution < 1.29 is 9.47 Å². The van der Waals surface area contributed by atoms with Gasteiger partial charge in [0.2, 0.25) is 0 Å². The molecule has 0 amide bonds. The van der Waals surface area contributed by atoms with Crippen molar-refractivity contribution >= 4 is 11.3 Å². The second kappa shape index (κ2) is 6.75. The van der Waals surface area contributed by atoms with Crippen molar-refractivity contribution in [1.82, 2.24) is 4.57 Å². The van der Waals surface area contributed by atoms with E-state index in [4.69, 9.17) is 9.47 Å². The number of methoxy groups -OCH3 is 1. The van der Waals surface area contributed by atoms with Crippen LogP contribution in [0.1, 0.15) is 6.42 Å². The average Bonchev–Trinajstić information content (AvgIpc) is 2.58. The van der Waals surface area contributed by atoms with Gasteiger partial charge in [-0.3, -0.25) is 4.79 Å². The molecule has 4 nitrogen and oxygen atoms in total. The van der Waals surface area contributed by atoms with E-state index >= 15 is 0 Å². The van der Waals surface area contributed by atoms with Gasteiger partial charge >= 0.3 is 4.87 Å². The van der Waals surface area contributed by atoms with Gasteiger partial charge in [-0.05, 0) is 6.42 Å².